The van der Waals surface area contributed by atoms with Crippen molar-refractivity contribution in [2.24, 2.45) is 5.92 Å². The predicted octanol–water partition coefficient (Wildman–Crippen LogP) is 7.25. The van der Waals surface area contributed by atoms with Crippen molar-refractivity contribution in [2.45, 2.75) is 54.0 Å². The molecule has 0 bridgehead atoms. The molecule has 0 atom stereocenters. The van der Waals surface area contributed by atoms with E-state index in [1.807, 2.05) is 6.92 Å². The van der Waals surface area contributed by atoms with E-state index in [2.05, 4.69) is 99.4 Å². The zero-order chi connectivity index (χ0) is 22.5. The lowest BCUT2D eigenvalue weighted by Crippen LogP contribution is -2.08. The van der Waals surface area contributed by atoms with Gasteiger partial charge in [0.2, 0.25) is 0 Å². The van der Waals surface area contributed by atoms with E-state index in [1.165, 1.54) is 23.1 Å². The molecule has 3 aromatic rings. The molecule has 1 N–H and O–H groups in total. The smallest absolute Gasteiger partial charge is 0.152 e. The van der Waals surface area contributed by atoms with E-state index in [0.29, 0.717) is 5.92 Å². The molecule has 3 nitrogen and oxygen atoms in total. The molecule has 1 heterocycles. The van der Waals surface area contributed by atoms with E-state index in [-0.39, 0.29) is 0 Å². The van der Waals surface area contributed by atoms with Gasteiger partial charge in [0, 0.05) is 17.5 Å². The highest BCUT2D eigenvalue weighted by Crippen LogP contribution is 2.22. The summed E-state index contributed by atoms with van der Waals surface area (Å²) in [6.45, 7) is 19.8. The number of benzene rings is 2. The first-order valence-electron chi connectivity index (χ1n) is 11.1. The van der Waals surface area contributed by atoms with Crippen molar-refractivity contribution in [2.75, 3.05) is 5.32 Å². The summed E-state index contributed by atoms with van der Waals surface area (Å²) in [7, 11) is 0. The summed E-state index contributed by atoms with van der Waals surface area (Å²) in [6.07, 6.45) is 2.31. The molecule has 0 unspecified atom stereocenters. The molecule has 0 radical (unpaired) electrons. The average Bonchev–Trinajstić information content (AvgIpc) is 3.06. The maximum absolute atomic E-state index is 4.81. The van der Waals surface area contributed by atoms with Gasteiger partial charge in [-0.1, -0.05) is 80.6 Å². The van der Waals surface area contributed by atoms with Crippen LogP contribution in [0.25, 0.3) is 11.3 Å². The van der Waals surface area contributed by atoms with Gasteiger partial charge in [0.25, 0.3) is 0 Å². The summed E-state index contributed by atoms with van der Waals surface area (Å²) in [4.78, 5) is 0. The molecular weight excluding hydrogens is 378 g/mol. The summed E-state index contributed by atoms with van der Waals surface area (Å²) in [5.41, 5.74) is 9.28. The minimum absolute atomic E-state index is 0.701. The van der Waals surface area contributed by atoms with Crippen molar-refractivity contribution in [1.82, 2.24) is 9.78 Å². The zero-order valence-electron chi connectivity index (χ0n) is 19.6. The van der Waals surface area contributed by atoms with Gasteiger partial charge in [0.15, 0.2) is 5.82 Å². The Balaban J connectivity index is 1.75. The molecule has 0 amide bonds. The van der Waals surface area contributed by atoms with Crippen LogP contribution < -0.4 is 5.32 Å². The number of aromatic nitrogens is 2. The number of anilines is 1. The average molecular weight is 414 g/mol. The Morgan fingerprint density at radius 2 is 1.65 bits per heavy atom. The van der Waals surface area contributed by atoms with Gasteiger partial charge in [-0.25, -0.2) is 0 Å². The van der Waals surface area contributed by atoms with Crippen LogP contribution in [0.15, 0.2) is 61.7 Å². The first kappa shape index (κ1) is 22.6. The normalized spacial score (nSPS) is 11.0. The van der Waals surface area contributed by atoms with Crippen LogP contribution in [0.5, 0.6) is 0 Å². The van der Waals surface area contributed by atoms with Gasteiger partial charge in [-0.05, 0) is 61.8 Å². The van der Waals surface area contributed by atoms with Crippen molar-refractivity contribution in [1.29, 1.82) is 0 Å². The zero-order valence-corrected chi connectivity index (χ0v) is 19.6. The first-order chi connectivity index (χ1) is 14.7. The van der Waals surface area contributed by atoms with Crippen molar-refractivity contribution >= 4 is 17.1 Å². The number of aryl methyl sites for hydroxylation is 3. The van der Waals surface area contributed by atoms with Crippen LogP contribution in [0.4, 0.5) is 5.82 Å². The summed E-state index contributed by atoms with van der Waals surface area (Å²) in [5, 5.41) is 8.18. The largest absolute Gasteiger partial charge is 0.339 e. The Bertz CT molecular complexity index is 1070. The Hall–Kier alpha value is -3.07. The Kier molecular flexibility index (Phi) is 7.17. The van der Waals surface area contributed by atoms with Crippen molar-refractivity contribution in [3.8, 4) is 0 Å². The summed E-state index contributed by atoms with van der Waals surface area (Å²) < 4.78 is 2.08. The highest BCUT2D eigenvalue weighted by atomic mass is 15.3. The lowest BCUT2D eigenvalue weighted by atomic mass is 9.97. The molecule has 0 saturated carbocycles. The van der Waals surface area contributed by atoms with E-state index in [9.17, 15) is 0 Å². The van der Waals surface area contributed by atoms with Gasteiger partial charge < -0.3 is 5.32 Å². The fraction of sp³-hybridized carbons (Fsp3) is 0.321. The van der Waals surface area contributed by atoms with E-state index >= 15 is 0 Å². The highest BCUT2D eigenvalue weighted by molar-refractivity contribution is 5.75. The number of nitrogens with zero attached hydrogens (tertiary/aromatic N) is 2. The fourth-order valence-electron chi connectivity index (χ4n) is 3.67. The van der Waals surface area contributed by atoms with Crippen LogP contribution >= 0.6 is 0 Å². The minimum atomic E-state index is 0.701. The lowest BCUT2D eigenvalue weighted by Gasteiger charge is -2.13. The molecule has 0 aliphatic heterocycles. The van der Waals surface area contributed by atoms with Crippen LogP contribution in [0.1, 0.15) is 60.7 Å². The Morgan fingerprint density at radius 1 is 0.968 bits per heavy atom. The van der Waals surface area contributed by atoms with E-state index in [1.54, 1.807) is 0 Å². The molecule has 0 aliphatic carbocycles. The third kappa shape index (κ3) is 5.97. The quantitative estimate of drug-likeness (QED) is 0.400. The number of hydrogen-bond acceptors (Lipinski definition) is 2. The molecular formula is C28H35N3. The Labute approximate surface area is 187 Å². The number of nitrogens with one attached hydrogen (secondary N) is 1. The highest BCUT2D eigenvalue weighted by Gasteiger charge is 2.10. The molecule has 31 heavy (non-hydrogen) atoms. The van der Waals surface area contributed by atoms with Gasteiger partial charge in [0.1, 0.15) is 0 Å². The molecule has 162 valence electrons. The molecule has 0 saturated heterocycles. The van der Waals surface area contributed by atoms with Crippen molar-refractivity contribution < 1.29 is 0 Å². The maximum atomic E-state index is 4.81. The van der Waals surface area contributed by atoms with Gasteiger partial charge in [0.05, 0.1) is 6.54 Å². The van der Waals surface area contributed by atoms with E-state index in [4.69, 9.17) is 5.10 Å². The summed E-state index contributed by atoms with van der Waals surface area (Å²) in [5.74, 6) is 1.52. The summed E-state index contributed by atoms with van der Waals surface area (Å²) >= 11 is 0. The minimum Gasteiger partial charge on any atom is -0.339 e. The first-order valence-corrected chi connectivity index (χ1v) is 11.1. The second-order valence-electron chi connectivity index (χ2n) is 8.99. The van der Waals surface area contributed by atoms with Crippen LogP contribution in [0.2, 0.25) is 0 Å². The predicted molar refractivity (Wildman–Crippen MR) is 134 cm³/mol. The lowest BCUT2D eigenvalue weighted by molar-refractivity contribution is 0.581. The molecule has 0 aliphatic rings. The second-order valence-corrected chi connectivity index (χ2v) is 8.99. The molecule has 1 aromatic heterocycles. The van der Waals surface area contributed by atoms with E-state index < -0.39 is 0 Å². The third-order valence-corrected chi connectivity index (χ3v) is 5.66. The van der Waals surface area contributed by atoms with E-state index in [0.717, 1.165) is 46.9 Å². The van der Waals surface area contributed by atoms with Gasteiger partial charge in [-0.3, -0.25) is 4.68 Å². The van der Waals surface area contributed by atoms with Crippen molar-refractivity contribution in [3.05, 3.63) is 95.2 Å². The standard InChI is InChI=1S/C28H35N3/c1-19(2)8-10-26-11-9-21(5)16-27(26)18-31-22(6)17-28(30-31)29-23(7)25-14-12-24(13-15-25)20(3)4/h9,11-17,19H,3,7-8,10,18H2,1-2,4-6H3,(H,29,30). The second kappa shape index (κ2) is 9.82. The number of rotatable bonds is 9. The summed E-state index contributed by atoms with van der Waals surface area (Å²) in [6, 6.07) is 17.2. The van der Waals surface area contributed by atoms with Crippen LogP contribution in [0.3, 0.4) is 0 Å². The van der Waals surface area contributed by atoms with Crippen LogP contribution in [0, 0.1) is 19.8 Å². The molecule has 0 spiro atoms. The molecule has 0 fully saturated rings. The third-order valence-electron chi connectivity index (χ3n) is 5.66. The molecule has 2 aromatic carbocycles. The topological polar surface area (TPSA) is 29.9 Å². The number of allylic oxidation sites excluding steroid dienone is 1. The van der Waals surface area contributed by atoms with Gasteiger partial charge in [-0.15, -0.1) is 0 Å². The Morgan fingerprint density at radius 3 is 2.29 bits per heavy atom. The van der Waals surface area contributed by atoms with Crippen LogP contribution in [-0.4, -0.2) is 9.78 Å². The van der Waals surface area contributed by atoms with Gasteiger partial charge in [-0.2, -0.15) is 5.10 Å². The molecule has 3 heteroatoms. The maximum Gasteiger partial charge on any atom is 0.152 e. The van der Waals surface area contributed by atoms with Crippen LogP contribution in [-0.2, 0) is 13.0 Å². The molecule has 3 rings (SSSR count). The monoisotopic (exact) mass is 413 g/mol. The SMILES string of the molecule is C=C(C)c1ccc(C(=C)Nc2cc(C)n(Cc3cc(C)ccc3CCC(C)C)n2)cc1. The van der Waals surface area contributed by atoms with Crippen molar-refractivity contribution in [3.63, 3.8) is 0 Å². The van der Waals surface area contributed by atoms with Gasteiger partial charge >= 0.3 is 0 Å². The fourth-order valence-corrected chi connectivity index (χ4v) is 3.67. The number of hydrogen-bond donors (Lipinski definition) is 1.